The number of fused-ring (bicyclic) bond motifs is 1. The second-order valence-electron chi connectivity index (χ2n) is 5.60. The lowest BCUT2D eigenvalue weighted by molar-refractivity contribution is 0.0470. The van der Waals surface area contributed by atoms with E-state index in [9.17, 15) is 4.79 Å². The molecular formula is C20H16N2O2. The third-order valence-corrected chi connectivity index (χ3v) is 3.99. The molecule has 0 atom stereocenters. The fraction of sp³-hybridized carbons (Fsp3) is 0.150. The number of aryl methyl sites for hydroxylation is 2. The van der Waals surface area contributed by atoms with Crippen molar-refractivity contribution in [2.45, 2.75) is 20.5 Å². The molecule has 1 aromatic heterocycles. The van der Waals surface area contributed by atoms with Gasteiger partial charge in [0.1, 0.15) is 6.61 Å². The first-order chi connectivity index (χ1) is 11.6. The smallest absolute Gasteiger partial charge is 0.340 e. The first-order valence-corrected chi connectivity index (χ1v) is 7.62. The van der Waals surface area contributed by atoms with Gasteiger partial charge >= 0.3 is 5.97 Å². The highest BCUT2D eigenvalue weighted by atomic mass is 16.5. The summed E-state index contributed by atoms with van der Waals surface area (Å²) >= 11 is 0. The van der Waals surface area contributed by atoms with E-state index in [1.165, 1.54) is 0 Å². The molecule has 4 heteroatoms. The van der Waals surface area contributed by atoms with Crippen molar-refractivity contribution in [3.63, 3.8) is 0 Å². The van der Waals surface area contributed by atoms with Crippen molar-refractivity contribution in [3.8, 4) is 6.07 Å². The molecule has 0 aliphatic carbocycles. The minimum atomic E-state index is -0.382. The van der Waals surface area contributed by atoms with Crippen LogP contribution in [0.4, 0.5) is 0 Å². The van der Waals surface area contributed by atoms with Gasteiger partial charge in [0.05, 0.1) is 28.4 Å². The second kappa shape index (κ2) is 6.51. The van der Waals surface area contributed by atoms with E-state index < -0.39 is 0 Å². The summed E-state index contributed by atoms with van der Waals surface area (Å²) in [5, 5.41) is 9.75. The molecule has 0 saturated carbocycles. The van der Waals surface area contributed by atoms with Crippen LogP contribution in [0.2, 0.25) is 0 Å². The molecule has 0 bridgehead atoms. The minimum absolute atomic E-state index is 0.163. The average Bonchev–Trinajstić information content (AvgIpc) is 2.60. The highest BCUT2D eigenvalue weighted by Gasteiger charge is 2.17. The maximum Gasteiger partial charge on any atom is 0.340 e. The third-order valence-electron chi connectivity index (χ3n) is 3.99. The first kappa shape index (κ1) is 15.7. The van der Waals surface area contributed by atoms with Crippen LogP contribution in [-0.2, 0) is 11.3 Å². The quantitative estimate of drug-likeness (QED) is 0.683. The lowest BCUT2D eigenvalue weighted by Gasteiger charge is -2.12. The number of para-hydroxylation sites is 1. The summed E-state index contributed by atoms with van der Waals surface area (Å²) < 4.78 is 5.44. The Bertz CT molecular complexity index is 954. The Hall–Kier alpha value is -3.19. The zero-order chi connectivity index (χ0) is 17.1. The van der Waals surface area contributed by atoms with Crippen molar-refractivity contribution >= 4 is 16.9 Å². The number of esters is 1. The molecular weight excluding hydrogens is 300 g/mol. The van der Waals surface area contributed by atoms with Gasteiger partial charge in [0.15, 0.2) is 0 Å². The zero-order valence-electron chi connectivity index (χ0n) is 13.5. The molecule has 0 radical (unpaired) electrons. The van der Waals surface area contributed by atoms with Gasteiger partial charge in [-0.25, -0.2) is 4.79 Å². The lowest BCUT2D eigenvalue weighted by Crippen LogP contribution is -2.11. The van der Waals surface area contributed by atoms with Crippen molar-refractivity contribution in [3.05, 3.63) is 76.5 Å². The van der Waals surface area contributed by atoms with Crippen LogP contribution in [0.5, 0.6) is 0 Å². The van der Waals surface area contributed by atoms with Crippen molar-refractivity contribution in [2.75, 3.05) is 0 Å². The Morgan fingerprint density at radius 1 is 1.12 bits per heavy atom. The SMILES string of the molecule is Cc1nc2ccccc2c(C)c1C(=O)OCc1ccc(C#N)cc1. The second-order valence-corrected chi connectivity index (χ2v) is 5.60. The number of nitriles is 1. The monoisotopic (exact) mass is 316 g/mol. The molecule has 0 fully saturated rings. The van der Waals surface area contributed by atoms with E-state index in [0.29, 0.717) is 16.8 Å². The number of hydrogen-bond donors (Lipinski definition) is 0. The number of benzene rings is 2. The predicted molar refractivity (Wildman–Crippen MR) is 91.5 cm³/mol. The number of nitrogens with zero attached hydrogens (tertiary/aromatic N) is 2. The van der Waals surface area contributed by atoms with Gasteiger partial charge in [0, 0.05) is 5.39 Å². The zero-order valence-corrected chi connectivity index (χ0v) is 13.5. The molecule has 3 rings (SSSR count). The van der Waals surface area contributed by atoms with Gasteiger partial charge in [0.2, 0.25) is 0 Å². The molecule has 118 valence electrons. The van der Waals surface area contributed by atoms with Crippen molar-refractivity contribution < 1.29 is 9.53 Å². The average molecular weight is 316 g/mol. The Balaban J connectivity index is 1.84. The molecule has 0 N–H and O–H groups in total. The Labute approximate surface area is 140 Å². The van der Waals surface area contributed by atoms with E-state index in [4.69, 9.17) is 10.00 Å². The fourth-order valence-electron chi connectivity index (χ4n) is 2.73. The van der Waals surface area contributed by atoms with Crippen molar-refractivity contribution in [1.29, 1.82) is 5.26 Å². The van der Waals surface area contributed by atoms with Gasteiger partial charge in [-0.1, -0.05) is 30.3 Å². The fourth-order valence-corrected chi connectivity index (χ4v) is 2.73. The van der Waals surface area contributed by atoms with E-state index in [1.54, 1.807) is 24.3 Å². The van der Waals surface area contributed by atoms with Gasteiger partial charge in [0.25, 0.3) is 0 Å². The summed E-state index contributed by atoms with van der Waals surface area (Å²) in [7, 11) is 0. The Morgan fingerprint density at radius 2 is 1.83 bits per heavy atom. The summed E-state index contributed by atoms with van der Waals surface area (Å²) in [6.07, 6.45) is 0. The van der Waals surface area contributed by atoms with E-state index in [0.717, 1.165) is 22.0 Å². The van der Waals surface area contributed by atoms with Crippen LogP contribution in [0, 0.1) is 25.2 Å². The summed E-state index contributed by atoms with van der Waals surface area (Å²) in [6, 6.07) is 16.8. The van der Waals surface area contributed by atoms with Crippen LogP contribution in [0.1, 0.15) is 32.7 Å². The van der Waals surface area contributed by atoms with Crippen molar-refractivity contribution in [1.82, 2.24) is 4.98 Å². The standard InChI is InChI=1S/C20H16N2O2/c1-13-17-5-3-4-6-18(17)22-14(2)19(13)20(23)24-12-16-9-7-15(11-21)8-10-16/h3-10H,12H2,1-2H3. The normalized spacial score (nSPS) is 10.4. The number of pyridine rings is 1. The maximum atomic E-state index is 12.5. The van der Waals surface area contributed by atoms with E-state index in [-0.39, 0.29) is 12.6 Å². The summed E-state index contributed by atoms with van der Waals surface area (Å²) in [6.45, 7) is 3.89. The number of carbonyl (C=O) groups is 1. The van der Waals surface area contributed by atoms with Crippen LogP contribution in [0.3, 0.4) is 0 Å². The number of ether oxygens (including phenoxy) is 1. The van der Waals surface area contributed by atoms with Crippen LogP contribution in [0.15, 0.2) is 48.5 Å². The molecule has 0 aliphatic rings. The van der Waals surface area contributed by atoms with Crippen molar-refractivity contribution in [2.24, 2.45) is 0 Å². The van der Waals surface area contributed by atoms with Gasteiger partial charge in [-0.15, -0.1) is 0 Å². The number of hydrogen-bond acceptors (Lipinski definition) is 4. The molecule has 3 aromatic rings. The minimum Gasteiger partial charge on any atom is -0.457 e. The maximum absolute atomic E-state index is 12.5. The Morgan fingerprint density at radius 3 is 2.54 bits per heavy atom. The number of carbonyl (C=O) groups excluding carboxylic acids is 1. The number of rotatable bonds is 3. The molecule has 4 nitrogen and oxygen atoms in total. The molecule has 0 aliphatic heterocycles. The summed E-state index contributed by atoms with van der Waals surface area (Å²) in [4.78, 5) is 17.0. The van der Waals surface area contributed by atoms with Gasteiger partial charge < -0.3 is 4.74 Å². The molecule has 0 unspecified atom stereocenters. The molecule has 0 saturated heterocycles. The summed E-state index contributed by atoms with van der Waals surface area (Å²) in [5.41, 5.74) is 4.35. The highest BCUT2D eigenvalue weighted by Crippen LogP contribution is 2.23. The Kier molecular flexibility index (Phi) is 4.26. The van der Waals surface area contributed by atoms with E-state index in [1.807, 2.05) is 38.1 Å². The predicted octanol–water partition coefficient (Wildman–Crippen LogP) is 4.08. The first-order valence-electron chi connectivity index (χ1n) is 7.62. The van der Waals surface area contributed by atoms with Crippen LogP contribution in [0.25, 0.3) is 10.9 Å². The summed E-state index contributed by atoms with van der Waals surface area (Å²) in [5.74, 6) is -0.382. The van der Waals surface area contributed by atoms with E-state index >= 15 is 0 Å². The molecule has 2 aromatic carbocycles. The van der Waals surface area contributed by atoms with Crippen LogP contribution >= 0.6 is 0 Å². The van der Waals surface area contributed by atoms with Crippen LogP contribution < -0.4 is 0 Å². The lowest BCUT2D eigenvalue weighted by atomic mass is 10.0. The topological polar surface area (TPSA) is 63.0 Å². The van der Waals surface area contributed by atoms with Gasteiger partial charge in [-0.3, -0.25) is 4.98 Å². The van der Waals surface area contributed by atoms with Crippen LogP contribution in [-0.4, -0.2) is 11.0 Å². The van der Waals surface area contributed by atoms with E-state index in [2.05, 4.69) is 11.1 Å². The highest BCUT2D eigenvalue weighted by molar-refractivity contribution is 5.98. The molecule has 0 amide bonds. The van der Waals surface area contributed by atoms with Gasteiger partial charge in [-0.2, -0.15) is 5.26 Å². The molecule has 1 heterocycles. The largest absolute Gasteiger partial charge is 0.457 e. The molecule has 24 heavy (non-hydrogen) atoms. The van der Waals surface area contributed by atoms with Gasteiger partial charge in [-0.05, 0) is 43.2 Å². The molecule has 0 spiro atoms. The number of aromatic nitrogens is 1. The third kappa shape index (κ3) is 2.97.